The second-order valence-corrected chi connectivity index (χ2v) is 9.79. The molecule has 6 nitrogen and oxygen atoms in total. The highest BCUT2D eigenvalue weighted by atomic mass is 19.3. The largest absolute Gasteiger partial charge is 0.444 e. The number of alkyl halides is 2. The predicted octanol–water partition coefficient (Wildman–Crippen LogP) is 5.49. The number of carbonyl (C=O) groups excluding carboxylic acids is 1. The van der Waals surface area contributed by atoms with Crippen molar-refractivity contribution in [2.24, 2.45) is 5.92 Å². The van der Waals surface area contributed by atoms with Crippen molar-refractivity contribution in [3.8, 4) is 11.1 Å². The number of fused-ring (bicyclic) bond motifs is 1. The van der Waals surface area contributed by atoms with Gasteiger partial charge in [-0.3, -0.25) is 4.68 Å². The maximum atomic E-state index is 13.8. The first-order valence-electron chi connectivity index (χ1n) is 11.4. The van der Waals surface area contributed by atoms with E-state index >= 15 is 0 Å². The number of benzene rings is 1. The first kappa shape index (κ1) is 22.6. The van der Waals surface area contributed by atoms with Crippen LogP contribution in [0.25, 0.3) is 11.1 Å². The number of carbonyl (C=O) groups is 1. The van der Waals surface area contributed by atoms with E-state index in [1.54, 1.807) is 17.2 Å². The summed E-state index contributed by atoms with van der Waals surface area (Å²) in [6.07, 6.45) is 4.36. The standard InChI is InChI=1S/C24H32F2N4O2/c1-24(2,3)32-23(31)29-9-6-16(7-10-29)14-30-15-18(13-28-30)19-11-17-5-4-8-27-21(17)12-20(19)22(25)26/h11-13,15-16,22,27H,4-10,14H2,1-3H3. The lowest BCUT2D eigenvalue weighted by Crippen LogP contribution is -2.42. The number of aromatic nitrogens is 2. The number of rotatable bonds is 4. The zero-order valence-electron chi connectivity index (χ0n) is 19.0. The third-order valence-corrected chi connectivity index (χ3v) is 6.10. The number of aryl methyl sites for hydroxylation is 1. The highest BCUT2D eigenvalue weighted by molar-refractivity contribution is 5.72. The van der Waals surface area contributed by atoms with E-state index in [1.807, 2.05) is 37.7 Å². The molecule has 2 aliphatic rings. The summed E-state index contributed by atoms with van der Waals surface area (Å²) in [6.45, 7) is 8.43. The van der Waals surface area contributed by atoms with Crippen LogP contribution < -0.4 is 5.32 Å². The average Bonchev–Trinajstić information content (AvgIpc) is 3.20. The van der Waals surface area contributed by atoms with E-state index < -0.39 is 12.0 Å². The van der Waals surface area contributed by atoms with E-state index in [1.165, 1.54) is 0 Å². The third kappa shape index (κ3) is 5.22. The molecule has 8 heteroatoms. The monoisotopic (exact) mass is 446 g/mol. The van der Waals surface area contributed by atoms with Crippen LogP contribution in [0.15, 0.2) is 24.5 Å². The Morgan fingerprint density at radius 3 is 2.72 bits per heavy atom. The lowest BCUT2D eigenvalue weighted by molar-refractivity contribution is 0.0177. The molecule has 174 valence electrons. The molecule has 0 bridgehead atoms. The summed E-state index contributed by atoms with van der Waals surface area (Å²) in [5.74, 6) is 0.378. The van der Waals surface area contributed by atoms with Crippen LogP contribution in [-0.4, -0.2) is 46.0 Å². The highest BCUT2D eigenvalue weighted by Crippen LogP contribution is 2.37. The number of ether oxygens (including phenoxy) is 1. The van der Waals surface area contributed by atoms with Crippen LogP contribution in [0.3, 0.4) is 0 Å². The van der Waals surface area contributed by atoms with E-state index in [-0.39, 0.29) is 11.7 Å². The van der Waals surface area contributed by atoms with Gasteiger partial charge in [-0.1, -0.05) is 0 Å². The van der Waals surface area contributed by atoms with Crippen molar-refractivity contribution in [1.29, 1.82) is 0 Å². The Morgan fingerprint density at radius 1 is 1.28 bits per heavy atom. The van der Waals surface area contributed by atoms with Gasteiger partial charge in [0.05, 0.1) is 6.20 Å². The highest BCUT2D eigenvalue weighted by Gasteiger charge is 2.27. The van der Waals surface area contributed by atoms with E-state index in [4.69, 9.17) is 4.74 Å². The van der Waals surface area contributed by atoms with Gasteiger partial charge in [0.25, 0.3) is 6.43 Å². The molecule has 0 unspecified atom stereocenters. The van der Waals surface area contributed by atoms with Gasteiger partial charge < -0.3 is 15.0 Å². The summed E-state index contributed by atoms with van der Waals surface area (Å²) in [7, 11) is 0. The Labute approximate surface area is 187 Å². The van der Waals surface area contributed by atoms with E-state index in [9.17, 15) is 13.6 Å². The van der Waals surface area contributed by atoms with Gasteiger partial charge in [0.1, 0.15) is 5.60 Å². The van der Waals surface area contributed by atoms with Crippen molar-refractivity contribution in [2.45, 2.75) is 65.0 Å². The first-order chi connectivity index (χ1) is 15.2. The molecule has 32 heavy (non-hydrogen) atoms. The van der Waals surface area contributed by atoms with Crippen LogP contribution in [0.1, 0.15) is 57.6 Å². The number of nitrogens with one attached hydrogen (secondary N) is 1. The van der Waals surface area contributed by atoms with Crippen molar-refractivity contribution in [3.05, 3.63) is 35.7 Å². The molecule has 0 radical (unpaired) electrons. The minimum Gasteiger partial charge on any atom is -0.444 e. The first-order valence-corrected chi connectivity index (χ1v) is 11.4. The molecule has 1 fully saturated rings. The van der Waals surface area contributed by atoms with Gasteiger partial charge in [0.15, 0.2) is 0 Å². The quantitative estimate of drug-likeness (QED) is 0.674. The maximum Gasteiger partial charge on any atom is 0.410 e. The minimum absolute atomic E-state index is 0.0448. The number of halogens is 2. The van der Waals surface area contributed by atoms with Crippen molar-refractivity contribution in [1.82, 2.24) is 14.7 Å². The van der Waals surface area contributed by atoms with Crippen LogP contribution in [0.5, 0.6) is 0 Å². The number of likely N-dealkylation sites (tertiary alicyclic amines) is 1. The third-order valence-electron chi connectivity index (χ3n) is 6.10. The van der Waals surface area contributed by atoms with Crippen LogP contribution in [-0.2, 0) is 17.7 Å². The van der Waals surface area contributed by atoms with Crippen molar-refractivity contribution >= 4 is 11.8 Å². The lowest BCUT2D eigenvalue weighted by atomic mass is 9.94. The molecular weight excluding hydrogens is 414 g/mol. The average molecular weight is 447 g/mol. The Kier molecular flexibility index (Phi) is 6.40. The molecule has 2 aliphatic heterocycles. The van der Waals surface area contributed by atoms with Crippen LogP contribution >= 0.6 is 0 Å². The predicted molar refractivity (Wildman–Crippen MR) is 120 cm³/mol. The molecule has 1 amide bonds. The Balaban J connectivity index is 1.42. The maximum absolute atomic E-state index is 13.8. The molecule has 0 aliphatic carbocycles. The molecule has 1 aromatic heterocycles. The molecule has 4 rings (SSSR count). The summed E-state index contributed by atoms with van der Waals surface area (Å²) in [5, 5.41) is 7.68. The number of anilines is 1. The SMILES string of the molecule is CC(C)(C)OC(=O)N1CCC(Cn2cc(-c3cc4c(cc3C(F)F)NCCC4)cn2)CC1. The van der Waals surface area contributed by atoms with Gasteiger partial charge in [0, 0.05) is 49.2 Å². The zero-order chi connectivity index (χ0) is 22.9. The lowest BCUT2D eigenvalue weighted by Gasteiger charge is -2.33. The van der Waals surface area contributed by atoms with Gasteiger partial charge in [-0.05, 0) is 75.6 Å². The van der Waals surface area contributed by atoms with Gasteiger partial charge in [0.2, 0.25) is 0 Å². The Bertz CT molecular complexity index is 959. The van der Waals surface area contributed by atoms with Gasteiger partial charge in [-0.15, -0.1) is 0 Å². The summed E-state index contributed by atoms with van der Waals surface area (Å²) in [5.41, 5.74) is 2.73. The molecule has 0 atom stereocenters. The molecule has 1 N–H and O–H groups in total. The molecule has 3 heterocycles. The van der Waals surface area contributed by atoms with E-state index in [0.29, 0.717) is 31.1 Å². The molecule has 1 aromatic carbocycles. The molecule has 0 spiro atoms. The second-order valence-electron chi connectivity index (χ2n) is 9.79. The van der Waals surface area contributed by atoms with Gasteiger partial charge in [-0.2, -0.15) is 5.10 Å². The minimum atomic E-state index is -2.54. The fraction of sp³-hybridized carbons (Fsp3) is 0.583. The zero-order valence-corrected chi connectivity index (χ0v) is 19.0. The van der Waals surface area contributed by atoms with E-state index in [2.05, 4.69) is 10.4 Å². The summed E-state index contributed by atoms with van der Waals surface area (Å²) < 4.78 is 34.8. The number of hydrogen-bond donors (Lipinski definition) is 1. The Hall–Kier alpha value is -2.64. The Morgan fingerprint density at radius 2 is 2.03 bits per heavy atom. The fourth-order valence-corrected chi connectivity index (χ4v) is 4.46. The molecule has 1 saturated heterocycles. The topological polar surface area (TPSA) is 59.4 Å². The van der Waals surface area contributed by atoms with Crippen LogP contribution in [0.2, 0.25) is 0 Å². The fourth-order valence-electron chi connectivity index (χ4n) is 4.46. The van der Waals surface area contributed by atoms with Crippen molar-refractivity contribution in [2.75, 3.05) is 25.0 Å². The number of piperidine rings is 1. The van der Waals surface area contributed by atoms with Crippen molar-refractivity contribution < 1.29 is 18.3 Å². The summed E-state index contributed by atoms with van der Waals surface area (Å²) in [6, 6.07) is 3.49. The van der Waals surface area contributed by atoms with E-state index in [0.717, 1.165) is 49.0 Å². The van der Waals surface area contributed by atoms with Gasteiger partial charge in [-0.25, -0.2) is 13.6 Å². The normalized spacial score (nSPS) is 17.2. The smallest absolute Gasteiger partial charge is 0.410 e. The van der Waals surface area contributed by atoms with Crippen LogP contribution in [0, 0.1) is 5.92 Å². The van der Waals surface area contributed by atoms with Crippen molar-refractivity contribution in [3.63, 3.8) is 0 Å². The summed E-state index contributed by atoms with van der Waals surface area (Å²) in [4.78, 5) is 14.0. The number of hydrogen-bond acceptors (Lipinski definition) is 4. The molecule has 0 saturated carbocycles. The number of nitrogens with zero attached hydrogens (tertiary/aromatic N) is 3. The molecular formula is C24H32F2N4O2. The van der Waals surface area contributed by atoms with Crippen LogP contribution in [0.4, 0.5) is 19.3 Å². The number of amides is 1. The second kappa shape index (κ2) is 9.08. The summed E-state index contributed by atoms with van der Waals surface area (Å²) >= 11 is 0. The molecule has 2 aromatic rings. The van der Waals surface area contributed by atoms with Gasteiger partial charge >= 0.3 is 6.09 Å².